The van der Waals surface area contributed by atoms with Gasteiger partial charge in [-0.1, -0.05) is 34.8 Å². The minimum atomic E-state index is -0.396. The number of likely N-dealkylation sites (N-methyl/N-ethyl adjacent to an activating group) is 1. The highest BCUT2D eigenvalue weighted by atomic mass is 35.5. The molecule has 0 aliphatic heterocycles. The van der Waals surface area contributed by atoms with Crippen LogP contribution in [-0.4, -0.2) is 44.0 Å². The third kappa shape index (κ3) is 5.44. The highest BCUT2D eigenvalue weighted by Gasteiger charge is 2.20. The number of amides is 2. The van der Waals surface area contributed by atoms with E-state index in [1.54, 1.807) is 12.1 Å². The fraction of sp³-hybridized carbons (Fsp3) is 0.263. The van der Waals surface area contributed by atoms with E-state index in [1.807, 2.05) is 6.92 Å². The number of nitrogens with zero attached hydrogens (tertiary/aromatic N) is 1. The average molecular weight is 446 g/mol. The number of halogens is 3. The largest absolute Gasteiger partial charge is 0.493 e. The molecule has 2 rings (SSSR count). The molecule has 1 N–H and O–H groups in total. The number of benzene rings is 2. The van der Waals surface area contributed by atoms with E-state index >= 15 is 0 Å². The average Bonchev–Trinajstić information content (AvgIpc) is 2.65. The first-order valence-electron chi connectivity index (χ1n) is 8.27. The molecular weight excluding hydrogens is 427 g/mol. The molecule has 2 amide bonds. The molecule has 0 aliphatic rings. The van der Waals surface area contributed by atoms with E-state index in [2.05, 4.69) is 5.32 Å². The Balaban J connectivity index is 2.10. The number of nitrogens with one attached hydrogen (secondary N) is 1. The van der Waals surface area contributed by atoms with Crippen LogP contribution in [-0.2, 0) is 4.79 Å². The highest BCUT2D eigenvalue weighted by Crippen LogP contribution is 2.36. The van der Waals surface area contributed by atoms with Gasteiger partial charge in [-0.2, -0.15) is 0 Å². The van der Waals surface area contributed by atoms with Crippen molar-refractivity contribution in [3.63, 3.8) is 0 Å². The molecule has 0 saturated heterocycles. The number of methoxy groups -OCH3 is 1. The summed E-state index contributed by atoms with van der Waals surface area (Å²) < 4.78 is 10.7. The molecule has 0 aliphatic carbocycles. The van der Waals surface area contributed by atoms with E-state index in [0.717, 1.165) is 0 Å². The van der Waals surface area contributed by atoms with Crippen molar-refractivity contribution in [2.45, 2.75) is 6.92 Å². The Morgan fingerprint density at radius 1 is 1.07 bits per heavy atom. The van der Waals surface area contributed by atoms with Gasteiger partial charge >= 0.3 is 0 Å². The van der Waals surface area contributed by atoms with Crippen molar-refractivity contribution in [1.82, 2.24) is 4.90 Å². The van der Waals surface area contributed by atoms with Crippen LogP contribution in [0.15, 0.2) is 30.3 Å². The molecule has 2 aromatic carbocycles. The second kappa shape index (κ2) is 9.87. The molecule has 0 atom stereocenters. The molecule has 0 saturated carbocycles. The molecule has 0 bridgehead atoms. The Morgan fingerprint density at radius 3 is 2.39 bits per heavy atom. The van der Waals surface area contributed by atoms with Crippen molar-refractivity contribution in [3.05, 3.63) is 51.0 Å². The maximum Gasteiger partial charge on any atom is 0.254 e. The maximum absolute atomic E-state index is 12.7. The zero-order chi connectivity index (χ0) is 20.8. The number of hydrogen-bond donors (Lipinski definition) is 1. The highest BCUT2D eigenvalue weighted by molar-refractivity contribution is 6.42. The number of anilines is 1. The molecule has 0 aromatic heterocycles. The molecule has 0 radical (unpaired) electrons. The Kier molecular flexibility index (Phi) is 7.80. The molecule has 0 spiro atoms. The molecule has 0 fully saturated rings. The molecule has 0 unspecified atom stereocenters. The van der Waals surface area contributed by atoms with Gasteiger partial charge in [0.1, 0.15) is 0 Å². The van der Waals surface area contributed by atoms with E-state index in [0.29, 0.717) is 33.8 Å². The summed E-state index contributed by atoms with van der Waals surface area (Å²) in [6, 6.07) is 7.71. The van der Waals surface area contributed by atoms with E-state index in [4.69, 9.17) is 44.3 Å². The topological polar surface area (TPSA) is 67.9 Å². The van der Waals surface area contributed by atoms with Gasteiger partial charge in [0.2, 0.25) is 5.91 Å². The lowest BCUT2D eigenvalue weighted by atomic mass is 10.1. The van der Waals surface area contributed by atoms with Crippen molar-refractivity contribution in [3.8, 4) is 11.5 Å². The van der Waals surface area contributed by atoms with Crippen LogP contribution in [0.3, 0.4) is 0 Å². The normalized spacial score (nSPS) is 10.4. The molecule has 6 nitrogen and oxygen atoms in total. The predicted molar refractivity (Wildman–Crippen MR) is 111 cm³/mol. The predicted octanol–water partition coefficient (Wildman–Crippen LogP) is 4.76. The summed E-state index contributed by atoms with van der Waals surface area (Å²) in [6.07, 6.45) is 0. The van der Waals surface area contributed by atoms with Crippen LogP contribution in [0.25, 0.3) is 0 Å². The lowest BCUT2D eigenvalue weighted by Gasteiger charge is -2.19. The van der Waals surface area contributed by atoms with Gasteiger partial charge in [-0.25, -0.2) is 0 Å². The minimum absolute atomic E-state index is 0.174. The van der Waals surface area contributed by atoms with Crippen molar-refractivity contribution in [2.24, 2.45) is 0 Å². The second-order valence-corrected chi connectivity index (χ2v) is 6.98. The minimum Gasteiger partial charge on any atom is -0.493 e. The lowest BCUT2D eigenvalue weighted by molar-refractivity contribution is -0.116. The zero-order valence-electron chi connectivity index (χ0n) is 15.5. The fourth-order valence-electron chi connectivity index (χ4n) is 2.41. The standard InChI is InChI=1S/C19H19Cl3N2O4/c1-4-28-18-15(22)7-11(8-16(18)27-3)19(26)24(2)10-17(25)23-12-5-6-13(20)14(21)9-12/h5-9H,4,10H2,1-3H3,(H,23,25). The van der Waals surface area contributed by atoms with Gasteiger partial charge in [0.05, 0.1) is 35.3 Å². The van der Waals surface area contributed by atoms with Crippen LogP contribution in [0.5, 0.6) is 11.5 Å². The van der Waals surface area contributed by atoms with Gasteiger partial charge in [-0.05, 0) is 37.3 Å². The molecule has 9 heteroatoms. The molecule has 28 heavy (non-hydrogen) atoms. The van der Waals surface area contributed by atoms with Crippen LogP contribution in [0.4, 0.5) is 5.69 Å². The summed E-state index contributed by atoms with van der Waals surface area (Å²) >= 11 is 18.0. The van der Waals surface area contributed by atoms with Crippen molar-refractivity contribution < 1.29 is 19.1 Å². The summed E-state index contributed by atoms with van der Waals surface area (Å²) in [4.78, 5) is 26.2. The van der Waals surface area contributed by atoms with Crippen LogP contribution >= 0.6 is 34.8 Å². The molecule has 0 heterocycles. The van der Waals surface area contributed by atoms with Crippen molar-refractivity contribution in [2.75, 3.05) is 32.6 Å². The first-order chi connectivity index (χ1) is 13.3. The van der Waals surface area contributed by atoms with Gasteiger partial charge in [-0.3, -0.25) is 9.59 Å². The van der Waals surface area contributed by atoms with Crippen LogP contribution in [0.1, 0.15) is 17.3 Å². The molecular formula is C19H19Cl3N2O4. The molecule has 150 valence electrons. The Labute approximate surface area is 178 Å². The van der Waals surface area contributed by atoms with Crippen molar-refractivity contribution >= 4 is 52.3 Å². The number of rotatable bonds is 7. The summed E-state index contributed by atoms with van der Waals surface area (Å²) in [6.45, 7) is 2.04. The van der Waals surface area contributed by atoms with Crippen molar-refractivity contribution in [1.29, 1.82) is 0 Å². The molecule has 2 aromatic rings. The Bertz CT molecular complexity index is 890. The third-order valence-electron chi connectivity index (χ3n) is 3.70. The van der Waals surface area contributed by atoms with Gasteiger partial charge < -0.3 is 19.7 Å². The number of carbonyl (C=O) groups excluding carboxylic acids is 2. The summed E-state index contributed by atoms with van der Waals surface area (Å²) in [7, 11) is 2.96. The van der Waals surface area contributed by atoms with E-state index in [9.17, 15) is 9.59 Å². The van der Waals surface area contributed by atoms with Crippen LogP contribution < -0.4 is 14.8 Å². The first kappa shape index (κ1) is 22.1. The fourth-order valence-corrected chi connectivity index (χ4v) is 2.97. The SMILES string of the molecule is CCOc1c(Cl)cc(C(=O)N(C)CC(=O)Nc2ccc(Cl)c(Cl)c2)cc1OC. The first-order valence-corrected chi connectivity index (χ1v) is 9.40. The second-order valence-electron chi connectivity index (χ2n) is 5.76. The van der Waals surface area contributed by atoms with Crippen LogP contribution in [0.2, 0.25) is 15.1 Å². The van der Waals surface area contributed by atoms with Gasteiger partial charge in [0, 0.05) is 18.3 Å². The lowest BCUT2D eigenvalue weighted by Crippen LogP contribution is -2.35. The van der Waals surface area contributed by atoms with E-state index in [-0.39, 0.29) is 17.1 Å². The summed E-state index contributed by atoms with van der Waals surface area (Å²) in [5.41, 5.74) is 0.751. The zero-order valence-corrected chi connectivity index (χ0v) is 17.8. The number of hydrogen-bond acceptors (Lipinski definition) is 4. The monoisotopic (exact) mass is 444 g/mol. The van der Waals surface area contributed by atoms with E-state index < -0.39 is 11.8 Å². The Morgan fingerprint density at radius 2 is 1.79 bits per heavy atom. The van der Waals surface area contributed by atoms with Crippen LogP contribution in [0, 0.1) is 0 Å². The quantitative estimate of drug-likeness (QED) is 0.667. The van der Waals surface area contributed by atoms with Gasteiger partial charge in [-0.15, -0.1) is 0 Å². The van der Waals surface area contributed by atoms with Gasteiger partial charge in [0.15, 0.2) is 11.5 Å². The number of ether oxygens (including phenoxy) is 2. The maximum atomic E-state index is 12.7. The summed E-state index contributed by atoms with van der Waals surface area (Å²) in [5, 5.41) is 3.61. The van der Waals surface area contributed by atoms with E-state index in [1.165, 1.54) is 37.3 Å². The summed E-state index contributed by atoms with van der Waals surface area (Å²) in [5.74, 6) is -0.0830. The Hall–Kier alpha value is -2.15. The number of carbonyl (C=O) groups is 2. The smallest absolute Gasteiger partial charge is 0.254 e. The third-order valence-corrected chi connectivity index (χ3v) is 4.72. The van der Waals surface area contributed by atoms with Gasteiger partial charge in [0.25, 0.3) is 5.91 Å².